The van der Waals surface area contributed by atoms with Crippen LogP contribution in [-0.4, -0.2) is 44.6 Å². The first kappa shape index (κ1) is 22.2. The van der Waals surface area contributed by atoms with Gasteiger partial charge in [0, 0.05) is 35.7 Å². The molecule has 1 aliphatic heterocycles. The van der Waals surface area contributed by atoms with E-state index in [9.17, 15) is 4.39 Å². The van der Waals surface area contributed by atoms with Gasteiger partial charge < -0.3 is 20.4 Å². The predicted octanol–water partition coefficient (Wildman–Crippen LogP) is 4.20. The third-order valence-electron chi connectivity index (χ3n) is 6.75. The molecule has 3 aromatic heterocycles. The second kappa shape index (κ2) is 9.07. The number of H-pyrrole nitrogens is 1. The van der Waals surface area contributed by atoms with Crippen molar-refractivity contribution in [1.82, 2.24) is 24.9 Å². The van der Waals surface area contributed by atoms with E-state index in [1.165, 1.54) is 12.1 Å². The Kier molecular flexibility index (Phi) is 5.59. The molecule has 1 aliphatic carbocycles. The van der Waals surface area contributed by atoms with Crippen LogP contribution in [0.25, 0.3) is 11.2 Å². The number of hydrogen-bond acceptors (Lipinski definition) is 7. The van der Waals surface area contributed by atoms with Crippen LogP contribution < -0.4 is 10.6 Å². The van der Waals surface area contributed by atoms with Crippen LogP contribution in [0, 0.1) is 12.7 Å². The minimum absolute atomic E-state index is 0.118. The number of ether oxygens (including phenoxy) is 1. The number of anilines is 2. The van der Waals surface area contributed by atoms with Crippen LogP contribution in [0.15, 0.2) is 66.2 Å². The molecule has 0 spiro atoms. The first-order valence-electron chi connectivity index (χ1n) is 12.0. The number of benzene rings is 1. The number of imidazole rings is 1. The summed E-state index contributed by atoms with van der Waals surface area (Å²) in [6.07, 6.45) is 7.44. The van der Waals surface area contributed by atoms with Crippen molar-refractivity contribution in [3.63, 3.8) is 0 Å². The van der Waals surface area contributed by atoms with E-state index in [4.69, 9.17) is 15.5 Å². The van der Waals surface area contributed by atoms with Crippen LogP contribution >= 0.6 is 0 Å². The third kappa shape index (κ3) is 4.28. The smallest absolute Gasteiger partial charge is 0.199 e. The van der Waals surface area contributed by atoms with Crippen molar-refractivity contribution in [1.29, 1.82) is 0 Å². The lowest BCUT2D eigenvalue weighted by atomic mass is 9.91. The van der Waals surface area contributed by atoms with Gasteiger partial charge in [0.15, 0.2) is 11.6 Å². The number of nitrogens with zero attached hydrogens (tertiary/aromatic N) is 5. The molecule has 0 saturated carbocycles. The van der Waals surface area contributed by atoms with Crippen LogP contribution in [0.2, 0.25) is 0 Å². The molecule has 1 fully saturated rings. The van der Waals surface area contributed by atoms with Crippen molar-refractivity contribution in [2.24, 2.45) is 0 Å². The lowest BCUT2D eigenvalue weighted by Crippen LogP contribution is -2.29. The number of allylic oxidation sites excluding steroid dienone is 2. The molecule has 0 bridgehead atoms. The summed E-state index contributed by atoms with van der Waals surface area (Å²) >= 11 is 0. The monoisotopic (exact) mass is 483 g/mol. The van der Waals surface area contributed by atoms with E-state index < -0.39 is 0 Å². The molecule has 1 unspecified atom stereocenters. The molecule has 4 aromatic rings. The molecule has 182 valence electrons. The number of nitrogens with two attached hydrogens (primary N) is 1. The molecule has 1 aromatic carbocycles. The van der Waals surface area contributed by atoms with Gasteiger partial charge in [-0.2, -0.15) is 0 Å². The molecule has 0 amide bonds. The molecule has 1 atom stereocenters. The Labute approximate surface area is 207 Å². The van der Waals surface area contributed by atoms with Crippen molar-refractivity contribution < 1.29 is 9.13 Å². The quantitative estimate of drug-likeness (QED) is 0.448. The molecule has 4 heterocycles. The average molecular weight is 484 g/mol. The second-order valence-corrected chi connectivity index (χ2v) is 9.16. The van der Waals surface area contributed by atoms with Crippen molar-refractivity contribution in [2.75, 3.05) is 30.3 Å². The first-order chi connectivity index (χ1) is 17.5. The number of halogens is 1. The summed E-state index contributed by atoms with van der Waals surface area (Å²) in [6.45, 7) is 3.91. The molecule has 6 rings (SSSR count). The first-order valence-corrected chi connectivity index (χ1v) is 12.0. The largest absolute Gasteiger partial charge is 0.492 e. The summed E-state index contributed by atoms with van der Waals surface area (Å²) in [5, 5.41) is 0. The standard InChI is InChI=1S/C27H26FN7O/c1-16-21(12-17-2-5-20(28)6-3-17)26(31-15-30-16)35-10-11-36-24-9-4-18(13-19(24)14-35)22-7-8-23-25(32-22)34-27(29)33-23/h2-3,5-9,13,15,18H,4,10-12,14H2,1H3,(H3,29,32,33,34). The summed E-state index contributed by atoms with van der Waals surface area (Å²) < 4.78 is 19.6. The molecular weight excluding hydrogens is 457 g/mol. The zero-order valence-electron chi connectivity index (χ0n) is 19.9. The summed E-state index contributed by atoms with van der Waals surface area (Å²) in [4.78, 5) is 23.4. The highest BCUT2D eigenvalue weighted by Crippen LogP contribution is 2.34. The number of rotatable bonds is 4. The van der Waals surface area contributed by atoms with Crippen LogP contribution in [0.1, 0.15) is 34.9 Å². The summed E-state index contributed by atoms with van der Waals surface area (Å²) in [7, 11) is 0. The van der Waals surface area contributed by atoms with Crippen LogP contribution in [-0.2, 0) is 11.2 Å². The molecular formula is C27H26FN7O. The van der Waals surface area contributed by atoms with Crippen molar-refractivity contribution >= 4 is 22.9 Å². The van der Waals surface area contributed by atoms with Gasteiger partial charge in [-0.3, -0.25) is 0 Å². The molecule has 3 N–H and O–H groups in total. The second-order valence-electron chi connectivity index (χ2n) is 9.16. The number of aryl methyl sites for hydroxylation is 1. The van der Waals surface area contributed by atoms with Crippen LogP contribution in [0.4, 0.5) is 16.2 Å². The summed E-state index contributed by atoms with van der Waals surface area (Å²) in [5.41, 5.74) is 12.3. The van der Waals surface area contributed by atoms with Gasteiger partial charge in [-0.1, -0.05) is 18.2 Å². The number of aromatic nitrogens is 5. The number of hydrogen-bond donors (Lipinski definition) is 2. The van der Waals surface area contributed by atoms with Gasteiger partial charge in [-0.15, -0.1) is 0 Å². The van der Waals surface area contributed by atoms with Crippen molar-refractivity contribution in [2.45, 2.75) is 25.7 Å². The fourth-order valence-electron chi connectivity index (χ4n) is 4.89. The van der Waals surface area contributed by atoms with Gasteiger partial charge in [-0.25, -0.2) is 24.3 Å². The zero-order chi connectivity index (χ0) is 24.6. The molecule has 1 saturated heterocycles. The van der Waals surface area contributed by atoms with Gasteiger partial charge in [-0.05, 0) is 49.2 Å². The van der Waals surface area contributed by atoms with Crippen LogP contribution in [0.3, 0.4) is 0 Å². The molecule has 2 aliphatic rings. The molecule has 0 radical (unpaired) electrons. The van der Waals surface area contributed by atoms with E-state index in [2.05, 4.69) is 37.0 Å². The fraction of sp³-hybridized carbons (Fsp3) is 0.259. The minimum atomic E-state index is -0.243. The minimum Gasteiger partial charge on any atom is -0.492 e. The number of nitrogens with one attached hydrogen (secondary N) is 1. The summed E-state index contributed by atoms with van der Waals surface area (Å²) in [5.74, 6) is 2.04. The number of fused-ring (bicyclic) bond motifs is 2. The van der Waals surface area contributed by atoms with Gasteiger partial charge in [0.05, 0.1) is 12.2 Å². The van der Waals surface area contributed by atoms with Crippen molar-refractivity contribution in [3.05, 3.63) is 94.5 Å². The van der Waals surface area contributed by atoms with E-state index in [-0.39, 0.29) is 11.7 Å². The maximum atomic E-state index is 13.4. The number of nitrogen functional groups attached to an aromatic ring is 1. The highest BCUT2D eigenvalue weighted by Gasteiger charge is 2.26. The van der Waals surface area contributed by atoms with E-state index in [1.807, 2.05) is 31.2 Å². The topological polar surface area (TPSA) is 106 Å². The Hall–Kier alpha value is -4.27. The Morgan fingerprint density at radius 1 is 1.14 bits per heavy atom. The maximum Gasteiger partial charge on any atom is 0.199 e. The Morgan fingerprint density at radius 3 is 2.86 bits per heavy atom. The number of pyridine rings is 1. The lowest BCUT2D eigenvalue weighted by molar-refractivity contribution is 0.233. The predicted molar refractivity (Wildman–Crippen MR) is 136 cm³/mol. The van der Waals surface area contributed by atoms with E-state index >= 15 is 0 Å². The molecule has 8 nitrogen and oxygen atoms in total. The zero-order valence-corrected chi connectivity index (χ0v) is 19.9. The highest BCUT2D eigenvalue weighted by molar-refractivity contribution is 5.73. The Balaban J connectivity index is 1.30. The molecule has 9 heteroatoms. The summed E-state index contributed by atoms with van der Waals surface area (Å²) in [6, 6.07) is 10.5. The van der Waals surface area contributed by atoms with E-state index in [0.29, 0.717) is 37.7 Å². The SMILES string of the molecule is Cc1ncnc(N2CCOC3=CCC(c4ccc5nc(N)[nH]c5n4)C=C3C2)c1Cc1ccc(F)cc1. The number of aromatic amines is 1. The van der Waals surface area contributed by atoms with E-state index in [0.717, 1.165) is 51.6 Å². The highest BCUT2D eigenvalue weighted by atomic mass is 19.1. The van der Waals surface area contributed by atoms with Crippen LogP contribution in [0.5, 0.6) is 0 Å². The normalized spacial score (nSPS) is 17.7. The molecule has 36 heavy (non-hydrogen) atoms. The lowest BCUT2D eigenvalue weighted by Gasteiger charge is -2.26. The van der Waals surface area contributed by atoms with Crippen molar-refractivity contribution in [3.8, 4) is 0 Å². The van der Waals surface area contributed by atoms with Gasteiger partial charge in [0.2, 0.25) is 0 Å². The Morgan fingerprint density at radius 2 is 2.00 bits per heavy atom. The fourth-order valence-corrected chi connectivity index (χ4v) is 4.89. The average Bonchev–Trinajstić information content (AvgIpc) is 3.12. The van der Waals surface area contributed by atoms with Gasteiger partial charge >= 0.3 is 0 Å². The van der Waals surface area contributed by atoms with Gasteiger partial charge in [0.25, 0.3) is 0 Å². The Bertz CT molecular complexity index is 1490. The van der Waals surface area contributed by atoms with E-state index in [1.54, 1.807) is 6.33 Å². The maximum absolute atomic E-state index is 13.4. The van der Waals surface area contributed by atoms with Gasteiger partial charge in [0.1, 0.15) is 35.8 Å². The third-order valence-corrected chi connectivity index (χ3v) is 6.75.